The van der Waals surface area contributed by atoms with Gasteiger partial charge in [0.15, 0.2) is 0 Å². The lowest BCUT2D eigenvalue weighted by molar-refractivity contribution is 0.0658. The average molecular weight is 272 g/mol. The molecule has 0 aliphatic heterocycles. The van der Waals surface area contributed by atoms with E-state index in [0.29, 0.717) is 19.3 Å². The smallest absolute Gasteiger partial charge is 0.0794 e. The number of nitrogens with zero attached hydrogens (tertiary/aromatic N) is 1. The number of rotatable bonds is 11. The first-order valence-electron chi connectivity index (χ1n) is 6.54. The van der Waals surface area contributed by atoms with Crippen LogP contribution in [0.25, 0.3) is 0 Å². The zero-order valence-corrected chi connectivity index (χ0v) is 12.2. The van der Waals surface area contributed by atoms with Gasteiger partial charge in [0.05, 0.1) is 18.7 Å². The van der Waals surface area contributed by atoms with Crippen LogP contribution in [-0.2, 0) is 15.9 Å². The van der Waals surface area contributed by atoms with Crippen molar-refractivity contribution in [1.82, 2.24) is 10.3 Å². The summed E-state index contributed by atoms with van der Waals surface area (Å²) < 4.78 is 10.5. The van der Waals surface area contributed by atoms with Gasteiger partial charge in [-0.25, -0.2) is 0 Å². The van der Waals surface area contributed by atoms with Gasteiger partial charge in [-0.2, -0.15) is 0 Å². The van der Waals surface area contributed by atoms with Crippen molar-refractivity contribution in [2.24, 2.45) is 0 Å². The van der Waals surface area contributed by atoms with E-state index in [0.717, 1.165) is 32.4 Å². The molecule has 1 N–H and O–H groups in total. The van der Waals surface area contributed by atoms with Crippen molar-refractivity contribution in [2.45, 2.75) is 32.2 Å². The van der Waals surface area contributed by atoms with E-state index in [-0.39, 0.29) is 0 Å². The summed E-state index contributed by atoms with van der Waals surface area (Å²) in [6.07, 6.45) is 5.18. The Morgan fingerprint density at radius 2 is 2.28 bits per heavy atom. The molecule has 18 heavy (non-hydrogen) atoms. The van der Waals surface area contributed by atoms with E-state index in [2.05, 4.69) is 17.2 Å². The minimum Gasteiger partial charge on any atom is -0.382 e. The molecule has 0 aromatic carbocycles. The van der Waals surface area contributed by atoms with Gasteiger partial charge in [-0.3, -0.25) is 4.98 Å². The number of hydrogen-bond donors (Lipinski definition) is 1. The van der Waals surface area contributed by atoms with E-state index >= 15 is 0 Å². The van der Waals surface area contributed by atoms with Crippen molar-refractivity contribution in [1.29, 1.82) is 0 Å². The lowest BCUT2D eigenvalue weighted by Crippen LogP contribution is -2.32. The largest absolute Gasteiger partial charge is 0.382 e. The molecular weight excluding hydrogens is 248 g/mol. The fourth-order valence-electron chi connectivity index (χ4n) is 1.68. The Balaban J connectivity index is 2.22. The zero-order chi connectivity index (χ0) is 13.1. The summed E-state index contributed by atoms with van der Waals surface area (Å²) in [7, 11) is 1.69. The van der Waals surface area contributed by atoms with Crippen LogP contribution in [0.3, 0.4) is 0 Å². The first-order chi connectivity index (χ1) is 8.86. The SMILES string of the molecule is CCCNC(CCOCCOC)Cc1cncs1. The summed E-state index contributed by atoms with van der Waals surface area (Å²) in [6.45, 7) is 5.37. The Hall–Kier alpha value is -0.490. The summed E-state index contributed by atoms with van der Waals surface area (Å²) in [4.78, 5) is 5.45. The number of methoxy groups -OCH3 is 1. The molecule has 0 radical (unpaired) electrons. The summed E-state index contributed by atoms with van der Waals surface area (Å²) in [5, 5.41) is 3.57. The van der Waals surface area contributed by atoms with Crippen LogP contribution in [-0.4, -0.2) is 44.5 Å². The molecular formula is C13H24N2O2S. The maximum atomic E-state index is 5.53. The second kappa shape index (κ2) is 10.4. The Kier molecular flexibility index (Phi) is 9.02. The molecule has 1 unspecified atom stereocenters. The van der Waals surface area contributed by atoms with Gasteiger partial charge in [-0.1, -0.05) is 6.92 Å². The lowest BCUT2D eigenvalue weighted by atomic mass is 10.1. The maximum Gasteiger partial charge on any atom is 0.0794 e. The summed E-state index contributed by atoms with van der Waals surface area (Å²) in [6, 6.07) is 0.480. The Bertz CT molecular complexity index is 281. The summed E-state index contributed by atoms with van der Waals surface area (Å²) in [5.74, 6) is 0. The van der Waals surface area contributed by atoms with Gasteiger partial charge in [0.25, 0.3) is 0 Å². The minimum atomic E-state index is 0.480. The maximum absolute atomic E-state index is 5.53. The fourth-order valence-corrected chi connectivity index (χ4v) is 2.36. The highest BCUT2D eigenvalue weighted by atomic mass is 32.1. The van der Waals surface area contributed by atoms with Gasteiger partial charge in [-0.05, 0) is 25.8 Å². The van der Waals surface area contributed by atoms with Crippen molar-refractivity contribution >= 4 is 11.3 Å². The predicted molar refractivity (Wildman–Crippen MR) is 75.2 cm³/mol. The van der Waals surface area contributed by atoms with Gasteiger partial charge >= 0.3 is 0 Å². The molecule has 0 aliphatic carbocycles. The molecule has 0 amide bonds. The molecule has 4 nitrogen and oxygen atoms in total. The molecule has 0 fully saturated rings. The molecule has 1 aromatic rings. The van der Waals surface area contributed by atoms with Crippen molar-refractivity contribution in [2.75, 3.05) is 33.5 Å². The lowest BCUT2D eigenvalue weighted by Gasteiger charge is -2.17. The normalized spacial score (nSPS) is 12.8. The Labute approximate surface area is 114 Å². The van der Waals surface area contributed by atoms with Crippen molar-refractivity contribution in [3.05, 3.63) is 16.6 Å². The van der Waals surface area contributed by atoms with Gasteiger partial charge in [0.2, 0.25) is 0 Å². The minimum absolute atomic E-state index is 0.480. The van der Waals surface area contributed by atoms with Gasteiger partial charge in [-0.15, -0.1) is 11.3 Å². The second-order valence-electron chi connectivity index (χ2n) is 4.22. The van der Waals surface area contributed by atoms with E-state index in [1.54, 1.807) is 18.4 Å². The molecule has 104 valence electrons. The highest BCUT2D eigenvalue weighted by molar-refractivity contribution is 7.09. The number of hydrogen-bond acceptors (Lipinski definition) is 5. The summed E-state index contributed by atoms with van der Waals surface area (Å²) >= 11 is 1.72. The van der Waals surface area contributed by atoms with Crippen LogP contribution in [0.5, 0.6) is 0 Å². The van der Waals surface area contributed by atoms with Crippen LogP contribution in [0.1, 0.15) is 24.6 Å². The fraction of sp³-hybridized carbons (Fsp3) is 0.769. The molecule has 1 rings (SSSR count). The zero-order valence-electron chi connectivity index (χ0n) is 11.4. The monoisotopic (exact) mass is 272 g/mol. The van der Waals surface area contributed by atoms with Crippen LogP contribution in [0.2, 0.25) is 0 Å². The Morgan fingerprint density at radius 1 is 1.39 bits per heavy atom. The topological polar surface area (TPSA) is 43.4 Å². The molecule has 1 aromatic heterocycles. The van der Waals surface area contributed by atoms with E-state index in [1.165, 1.54) is 4.88 Å². The van der Waals surface area contributed by atoms with E-state index in [1.807, 2.05) is 11.7 Å². The van der Waals surface area contributed by atoms with Crippen molar-refractivity contribution in [3.63, 3.8) is 0 Å². The standard InChI is InChI=1S/C13H24N2O2S/c1-3-5-15-12(4-6-17-8-7-16-2)9-13-10-14-11-18-13/h10-12,15H,3-9H2,1-2H3. The van der Waals surface area contributed by atoms with E-state index < -0.39 is 0 Å². The van der Waals surface area contributed by atoms with Gasteiger partial charge in [0, 0.05) is 30.8 Å². The van der Waals surface area contributed by atoms with Crippen LogP contribution < -0.4 is 5.32 Å². The van der Waals surface area contributed by atoms with E-state index in [9.17, 15) is 0 Å². The molecule has 1 atom stereocenters. The highest BCUT2D eigenvalue weighted by Gasteiger charge is 2.09. The highest BCUT2D eigenvalue weighted by Crippen LogP contribution is 2.10. The molecule has 0 aliphatic rings. The first kappa shape index (κ1) is 15.6. The van der Waals surface area contributed by atoms with Crippen LogP contribution >= 0.6 is 11.3 Å². The second-order valence-corrected chi connectivity index (χ2v) is 5.19. The molecule has 0 saturated carbocycles. The number of thiazole rings is 1. The third-order valence-electron chi connectivity index (χ3n) is 2.66. The quantitative estimate of drug-likeness (QED) is 0.627. The third-order valence-corrected chi connectivity index (χ3v) is 3.46. The molecule has 0 saturated heterocycles. The van der Waals surface area contributed by atoms with Crippen LogP contribution in [0.4, 0.5) is 0 Å². The van der Waals surface area contributed by atoms with E-state index in [4.69, 9.17) is 9.47 Å². The summed E-state index contributed by atoms with van der Waals surface area (Å²) in [5.41, 5.74) is 1.89. The molecule has 5 heteroatoms. The van der Waals surface area contributed by atoms with Crippen LogP contribution in [0.15, 0.2) is 11.7 Å². The predicted octanol–water partition coefficient (Wildman–Crippen LogP) is 2.11. The number of ether oxygens (including phenoxy) is 2. The Morgan fingerprint density at radius 3 is 2.94 bits per heavy atom. The molecule has 0 bridgehead atoms. The van der Waals surface area contributed by atoms with Gasteiger partial charge in [0.1, 0.15) is 0 Å². The number of nitrogens with one attached hydrogen (secondary N) is 1. The first-order valence-corrected chi connectivity index (χ1v) is 7.42. The van der Waals surface area contributed by atoms with Crippen molar-refractivity contribution in [3.8, 4) is 0 Å². The third kappa shape index (κ3) is 7.06. The average Bonchev–Trinajstić information content (AvgIpc) is 2.88. The molecule has 1 heterocycles. The van der Waals surface area contributed by atoms with Crippen molar-refractivity contribution < 1.29 is 9.47 Å². The van der Waals surface area contributed by atoms with Gasteiger partial charge < -0.3 is 14.8 Å². The molecule has 0 spiro atoms. The van der Waals surface area contributed by atoms with Crippen LogP contribution in [0, 0.1) is 0 Å². The number of aromatic nitrogens is 1.